The summed E-state index contributed by atoms with van der Waals surface area (Å²) in [4.78, 5) is 0. The van der Waals surface area contributed by atoms with Gasteiger partial charge in [0.1, 0.15) is 0 Å². The molecule has 0 saturated heterocycles. The van der Waals surface area contributed by atoms with Crippen LogP contribution in [0.4, 0.5) is 0 Å². The molecule has 6 heteroatoms. The Kier molecular flexibility index (Phi) is 6.16. The second-order valence-corrected chi connectivity index (χ2v) is 6.41. The summed E-state index contributed by atoms with van der Waals surface area (Å²) in [5.74, 6) is 0. The molecule has 82 valence electrons. The van der Waals surface area contributed by atoms with Gasteiger partial charge in [-0.3, -0.25) is 0 Å². The minimum absolute atomic E-state index is 0.399. The van der Waals surface area contributed by atoms with Crippen LogP contribution >= 0.6 is 11.8 Å². The van der Waals surface area contributed by atoms with E-state index in [0.717, 1.165) is 6.42 Å². The van der Waals surface area contributed by atoms with Gasteiger partial charge in [-0.05, 0) is 19.6 Å². The Morgan fingerprint density at radius 3 is 2.50 bits per heavy atom. The molecule has 0 bridgehead atoms. The Morgan fingerprint density at radius 2 is 2.07 bits per heavy atom. The molecule has 4 nitrogen and oxygen atoms in total. The van der Waals surface area contributed by atoms with E-state index < -0.39 is 15.3 Å². The predicted molar refractivity (Wildman–Crippen MR) is 59.6 cm³/mol. The fourth-order valence-corrected chi connectivity index (χ4v) is 1.86. The first-order chi connectivity index (χ1) is 6.44. The van der Waals surface area contributed by atoms with Crippen molar-refractivity contribution in [3.63, 3.8) is 0 Å². The van der Waals surface area contributed by atoms with Gasteiger partial charge < -0.3 is 0 Å². The van der Waals surface area contributed by atoms with E-state index in [0.29, 0.717) is 11.8 Å². The zero-order valence-corrected chi connectivity index (χ0v) is 10.3. The number of thioether (sulfide) groups is 1. The van der Waals surface area contributed by atoms with Crippen LogP contribution in [0.2, 0.25) is 0 Å². The molecular weight excluding hydrogens is 220 g/mol. The molecule has 2 atom stereocenters. The van der Waals surface area contributed by atoms with Gasteiger partial charge >= 0.3 is 0 Å². The standard InChI is InChI=1S/C8H16N2O2S2/c1-7(13-3)4-5-10-14(11,12)8(2)6-9/h7-8,10H,4-5H2,1-3H3. The lowest BCUT2D eigenvalue weighted by Gasteiger charge is -2.10. The first kappa shape index (κ1) is 13.8. The molecule has 1 N–H and O–H groups in total. The molecular formula is C8H16N2O2S2. The van der Waals surface area contributed by atoms with E-state index >= 15 is 0 Å². The van der Waals surface area contributed by atoms with Crippen molar-refractivity contribution in [1.29, 1.82) is 5.26 Å². The summed E-state index contributed by atoms with van der Waals surface area (Å²) in [6, 6.07) is 1.70. The van der Waals surface area contributed by atoms with Crippen LogP contribution < -0.4 is 4.72 Å². The third-order valence-corrected chi connectivity index (χ3v) is 4.59. The molecule has 0 aromatic heterocycles. The highest BCUT2D eigenvalue weighted by Crippen LogP contribution is 2.08. The molecule has 0 rings (SSSR count). The Balaban J connectivity index is 3.97. The summed E-state index contributed by atoms with van der Waals surface area (Å²) in [6.07, 6.45) is 2.76. The van der Waals surface area contributed by atoms with Crippen molar-refractivity contribution < 1.29 is 8.42 Å². The maximum absolute atomic E-state index is 11.3. The van der Waals surface area contributed by atoms with Gasteiger partial charge in [0.2, 0.25) is 10.0 Å². The molecule has 0 aliphatic rings. The minimum Gasteiger partial charge on any atom is -0.214 e. The van der Waals surface area contributed by atoms with Gasteiger partial charge in [0.25, 0.3) is 0 Å². The minimum atomic E-state index is -3.43. The molecule has 2 unspecified atom stereocenters. The van der Waals surface area contributed by atoms with Crippen LogP contribution in [-0.4, -0.2) is 31.7 Å². The van der Waals surface area contributed by atoms with Crippen molar-refractivity contribution in [2.75, 3.05) is 12.8 Å². The molecule has 0 radical (unpaired) electrons. The molecule has 0 aromatic carbocycles. The Hall–Kier alpha value is -0.250. The van der Waals surface area contributed by atoms with E-state index in [-0.39, 0.29) is 0 Å². The summed E-state index contributed by atoms with van der Waals surface area (Å²) < 4.78 is 25.0. The van der Waals surface area contributed by atoms with E-state index in [1.165, 1.54) is 6.92 Å². The Labute approximate surface area is 90.1 Å². The topological polar surface area (TPSA) is 70.0 Å². The lowest BCUT2D eigenvalue weighted by molar-refractivity contribution is 0.574. The molecule has 0 aliphatic carbocycles. The monoisotopic (exact) mass is 236 g/mol. The number of sulfonamides is 1. The number of nitriles is 1. The number of hydrogen-bond donors (Lipinski definition) is 1. The maximum atomic E-state index is 11.3. The fourth-order valence-electron chi connectivity index (χ4n) is 0.717. The molecule has 0 heterocycles. The van der Waals surface area contributed by atoms with Crippen molar-refractivity contribution in [1.82, 2.24) is 4.72 Å². The van der Waals surface area contributed by atoms with Crippen molar-refractivity contribution >= 4 is 21.8 Å². The lowest BCUT2D eigenvalue weighted by Crippen LogP contribution is -2.33. The van der Waals surface area contributed by atoms with Crippen molar-refractivity contribution in [2.45, 2.75) is 30.8 Å². The van der Waals surface area contributed by atoms with Crippen LogP contribution in [-0.2, 0) is 10.0 Å². The van der Waals surface area contributed by atoms with Crippen molar-refractivity contribution in [3.8, 4) is 6.07 Å². The predicted octanol–water partition coefficient (Wildman–Crippen LogP) is 0.959. The second kappa shape index (κ2) is 6.27. The number of nitrogens with zero attached hydrogens (tertiary/aromatic N) is 1. The molecule has 0 fully saturated rings. The molecule has 0 aromatic rings. The third-order valence-electron chi connectivity index (χ3n) is 1.90. The highest BCUT2D eigenvalue weighted by atomic mass is 32.2. The highest BCUT2D eigenvalue weighted by molar-refractivity contribution is 7.99. The Bertz CT molecular complexity index is 295. The fraction of sp³-hybridized carbons (Fsp3) is 0.875. The average molecular weight is 236 g/mol. The van der Waals surface area contributed by atoms with Gasteiger partial charge in [0.05, 0.1) is 6.07 Å². The molecule has 0 amide bonds. The first-order valence-corrected chi connectivity index (χ1v) is 7.18. The van der Waals surface area contributed by atoms with E-state index in [1.54, 1.807) is 17.8 Å². The van der Waals surface area contributed by atoms with Crippen molar-refractivity contribution in [3.05, 3.63) is 0 Å². The highest BCUT2D eigenvalue weighted by Gasteiger charge is 2.19. The maximum Gasteiger partial charge on any atom is 0.227 e. The third kappa shape index (κ3) is 4.84. The number of nitrogens with one attached hydrogen (secondary N) is 1. The average Bonchev–Trinajstić information content (AvgIpc) is 2.15. The summed E-state index contributed by atoms with van der Waals surface area (Å²) in [5, 5.41) is 7.90. The number of rotatable bonds is 6. The number of hydrogen-bond acceptors (Lipinski definition) is 4. The van der Waals surface area contributed by atoms with E-state index in [2.05, 4.69) is 4.72 Å². The normalized spacial score (nSPS) is 15.9. The van der Waals surface area contributed by atoms with Gasteiger partial charge in [0, 0.05) is 11.8 Å². The smallest absolute Gasteiger partial charge is 0.214 e. The van der Waals surface area contributed by atoms with Crippen LogP contribution in [0.1, 0.15) is 20.3 Å². The van der Waals surface area contributed by atoms with Gasteiger partial charge in [-0.25, -0.2) is 13.1 Å². The molecule has 0 aliphatic heterocycles. The zero-order chi connectivity index (χ0) is 11.2. The lowest BCUT2D eigenvalue weighted by atomic mass is 10.3. The van der Waals surface area contributed by atoms with Gasteiger partial charge in [-0.15, -0.1) is 0 Å². The van der Waals surface area contributed by atoms with Gasteiger partial charge in [-0.1, -0.05) is 6.92 Å². The SMILES string of the molecule is CSC(C)CCNS(=O)(=O)C(C)C#N. The van der Waals surface area contributed by atoms with Crippen LogP contribution in [0.25, 0.3) is 0 Å². The van der Waals surface area contributed by atoms with E-state index in [4.69, 9.17) is 5.26 Å². The molecule has 14 heavy (non-hydrogen) atoms. The van der Waals surface area contributed by atoms with Crippen LogP contribution in [0, 0.1) is 11.3 Å². The van der Waals surface area contributed by atoms with Crippen molar-refractivity contribution in [2.24, 2.45) is 0 Å². The summed E-state index contributed by atoms with van der Waals surface area (Å²) in [5.41, 5.74) is 0. The van der Waals surface area contributed by atoms with Gasteiger partial charge in [-0.2, -0.15) is 17.0 Å². The summed E-state index contributed by atoms with van der Waals surface area (Å²) >= 11 is 1.69. The zero-order valence-electron chi connectivity index (χ0n) is 8.65. The molecule has 0 saturated carbocycles. The van der Waals surface area contributed by atoms with Crippen LogP contribution in [0.5, 0.6) is 0 Å². The Morgan fingerprint density at radius 1 is 1.50 bits per heavy atom. The van der Waals surface area contributed by atoms with E-state index in [1.807, 2.05) is 13.2 Å². The quantitative estimate of drug-likeness (QED) is 0.745. The molecule has 0 spiro atoms. The van der Waals surface area contributed by atoms with Crippen LogP contribution in [0.3, 0.4) is 0 Å². The first-order valence-electron chi connectivity index (χ1n) is 4.35. The van der Waals surface area contributed by atoms with E-state index in [9.17, 15) is 8.42 Å². The van der Waals surface area contributed by atoms with Gasteiger partial charge in [0.15, 0.2) is 5.25 Å². The van der Waals surface area contributed by atoms with Crippen LogP contribution in [0.15, 0.2) is 0 Å². The largest absolute Gasteiger partial charge is 0.227 e. The second-order valence-electron chi connectivity index (χ2n) is 3.05. The summed E-state index contributed by atoms with van der Waals surface area (Å²) in [7, 11) is -3.43. The summed E-state index contributed by atoms with van der Waals surface area (Å²) in [6.45, 7) is 3.81.